The van der Waals surface area contributed by atoms with Crippen LogP contribution in [0.2, 0.25) is 0 Å². The number of hydrazine groups is 1. The Kier molecular flexibility index (Phi) is 4.55. The molecule has 0 saturated carbocycles. The van der Waals surface area contributed by atoms with Crippen LogP contribution in [0.4, 0.5) is 0 Å². The quantitative estimate of drug-likeness (QED) is 0.379. The van der Waals surface area contributed by atoms with Crippen molar-refractivity contribution in [3.63, 3.8) is 0 Å². The van der Waals surface area contributed by atoms with Crippen molar-refractivity contribution in [2.45, 2.75) is 24.0 Å². The number of benzene rings is 1. The van der Waals surface area contributed by atoms with Crippen LogP contribution < -0.4 is 20.7 Å². The van der Waals surface area contributed by atoms with Crippen LogP contribution in [0.3, 0.4) is 0 Å². The first-order valence-electron chi connectivity index (χ1n) is 6.18. The Morgan fingerprint density at radius 2 is 2.00 bits per heavy atom. The highest BCUT2D eigenvalue weighted by molar-refractivity contribution is 8.00. The van der Waals surface area contributed by atoms with Gasteiger partial charge in [-0.15, -0.1) is 11.8 Å². The van der Waals surface area contributed by atoms with Gasteiger partial charge in [-0.3, -0.25) is 10.2 Å². The van der Waals surface area contributed by atoms with E-state index in [1.807, 2.05) is 32.0 Å². The summed E-state index contributed by atoms with van der Waals surface area (Å²) < 4.78 is 11.0. The molecule has 1 heterocycles. The zero-order valence-corrected chi connectivity index (χ0v) is 11.8. The molecule has 1 aliphatic heterocycles. The fraction of sp³-hybridized carbons (Fsp3) is 0.462. The molecule has 104 valence electrons. The maximum absolute atomic E-state index is 11.5. The molecule has 1 aromatic rings. The lowest BCUT2D eigenvalue weighted by Gasteiger charge is -2.21. The van der Waals surface area contributed by atoms with Gasteiger partial charge in [0.05, 0.1) is 0 Å². The van der Waals surface area contributed by atoms with Crippen LogP contribution in [0.15, 0.2) is 23.1 Å². The number of ether oxygens (including phenoxy) is 2. The number of fused-ring (bicyclic) bond motifs is 1. The molecule has 2 unspecified atom stereocenters. The van der Waals surface area contributed by atoms with Crippen LogP contribution in [-0.4, -0.2) is 24.4 Å². The zero-order valence-electron chi connectivity index (χ0n) is 11.0. The van der Waals surface area contributed by atoms with Crippen molar-refractivity contribution in [1.82, 2.24) is 5.43 Å². The van der Waals surface area contributed by atoms with E-state index >= 15 is 0 Å². The Morgan fingerprint density at radius 3 is 2.68 bits per heavy atom. The lowest BCUT2D eigenvalue weighted by molar-refractivity contribution is -0.124. The molecule has 0 spiro atoms. The summed E-state index contributed by atoms with van der Waals surface area (Å²) in [6.07, 6.45) is 0. The van der Waals surface area contributed by atoms with Crippen LogP contribution in [0.5, 0.6) is 11.5 Å². The minimum atomic E-state index is -0.164. The van der Waals surface area contributed by atoms with Crippen LogP contribution in [0.1, 0.15) is 13.8 Å². The highest BCUT2D eigenvalue weighted by Crippen LogP contribution is 2.36. The summed E-state index contributed by atoms with van der Waals surface area (Å²) in [4.78, 5) is 12.5. The van der Waals surface area contributed by atoms with E-state index in [-0.39, 0.29) is 17.1 Å². The number of amides is 1. The van der Waals surface area contributed by atoms with E-state index < -0.39 is 0 Å². The first kappa shape index (κ1) is 14.0. The minimum absolute atomic E-state index is 0.117. The summed E-state index contributed by atoms with van der Waals surface area (Å²) in [5, 5.41) is 0.117. The molecule has 0 saturated heterocycles. The Labute approximate surface area is 116 Å². The maximum Gasteiger partial charge on any atom is 0.237 e. The van der Waals surface area contributed by atoms with Gasteiger partial charge in [0.1, 0.15) is 13.2 Å². The van der Waals surface area contributed by atoms with Crippen molar-refractivity contribution in [1.29, 1.82) is 0 Å². The lowest BCUT2D eigenvalue weighted by atomic mass is 10.1. The molecule has 1 aliphatic rings. The van der Waals surface area contributed by atoms with E-state index in [0.717, 1.165) is 16.4 Å². The molecule has 5 nitrogen and oxygen atoms in total. The number of nitrogens with one attached hydrogen (secondary N) is 1. The SMILES string of the molecule is CC(Sc1ccc2c(c1)OCCO2)C(C)C(=O)NN. The normalized spacial score (nSPS) is 16.6. The van der Waals surface area contributed by atoms with Crippen LogP contribution in [0.25, 0.3) is 0 Å². The molecule has 1 amide bonds. The van der Waals surface area contributed by atoms with Crippen molar-refractivity contribution in [3.8, 4) is 11.5 Å². The fourth-order valence-electron chi connectivity index (χ4n) is 1.76. The highest BCUT2D eigenvalue weighted by atomic mass is 32.2. The number of hydrogen-bond acceptors (Lipinski definition) is 5. The van der Waals surface area contributed by atoms with Crippen LogP contribution in [0, 0.1) is 5.92 Å². The molecule has 0 fully saturated rings. The van der Waals surface area contributed by atoms with Gasteiger partial charge >= 0.3 is 0 Å². The second-order valence-electron chi connectivity index (χ2n) is 4.43. The third-order valence-corrected chi connectivity index (χ3v) is 4.40. The van der Waals surface area contributed by atoms with E-state index in [2.05, 4.69) is 5.43 Å². The standard InChI is InChI=1S/C13H18N2O3S/c1-8(13(16)15-14)9(2)19-10-3-4-11-12(7-10)18-6-5-17-11/h3-4,7-9H,5-6,14H2,1-2H3,(H,15,16). The maximum atomic E-state index is 11.5. The van der Waals surface area contributed by atoms with Crippen molar-refractivity contribution in [3.05, 3.63) is 18.2 Å². The summed E-state index contributed by atoms with van der Waals surface area (Å²) in [7, 11) is 0. The second-order valence-corrected chi connectivity index (χ2v) is 5.88. The van der Waals surface area contributed by atoms with Gasteiger partial charge in [-0.2, -0.15) is 0 Å². The Balaban J connectivity index is 2.04. The Bertz CT molecular complexity index is 467. The third-order valence-electron chi connectivity index (χ3n) is 3.10. The smallest absolute Gasteiger partial charge is 0.237 e. The average molecular weight is 282 g/mol. The summed E-state index contributed by atoms with van der Waals surface area (Å²) in [6, 6.07) is 5.82. The summed E-state index contributed by atoms with van der Waals surface area (Å²) in [6.45, 7) is 5.02. The number of hydrogen-bond donors (Lipinski definition) is 2. The monoisotopic (exact) mass is 282 g/mol. The summed E-state index contributed by atoms with van der Waals surface area (Å²) >= 11 is 1.62. The highest BCUT2D eigenvalue weighted by Gasteiger charge is 2.21. The fourth-order valence-corrected chi connectivity index (χ4v) is 2.84. The van der Waals surface area contributed by atoms with Gasteiger partial charge in [-0.1, -0.05) is 13.8 Å². The predicted octanol–water partition coefficient (Wildman–Crippen LogP) is 1.56. The predicted molar refractivity (Wildman–Crippen MR) is 74.2 cm³/mol. The van der Waals surface area contributed by atoms with Crippen LogP contribution >= 0.6 is 11.8 Å². The van der Waals surface area contributed by atoms with Crippen LogP contribution in [-0.2, 0) is 4.79 Å². The number of carbonyl (C=O) groups is 1. The zero-order chi connectivity index (χ0) is 13.8. The molecule has 3 N–H and O–H groups in total. The van der Waals surface area contributed by atoms with E-state index in [0.29, 0.717) is 13.2 Å². The first-order chi connectivity index (χ1) is 9.11. The molecule has 0 aromatic heterocycles. The van der Waals surface area contributed by atoms with E-state index in [4.69, 9.17) is 15.3 Å². The van der Waals surface area contributed by atoms with Crippen molar-refractivity contribution in [2.75, 3.05) is 13.2 Å². The average Bonchev–Trinajstić information content (AvgIpc) is 2.45. The molecular formula is C13H18N2O3S. The van der Waals surface area contributed by atoms with E-state index in [1.54, 1.807) is 11.8 Å². The molecule has 2 rings (SSSR count). The topological polar surface area (TPSA) is 73.6 Å². The Morgan fingerprint density at radius 1 is 1.32 bits per heavy atom. The van der Waals surface area contributed by atoms with Gasteiger partial charge in [0.25, 0.3) is 0 Å². The second kappa shape index (κ2) is 6.16. The number of rotatable bonds is 4. The molecule has 1 aromatic carbocycles. The molecule has 6 heteroatoms. The largest absolute Gasteiger partial charge is 0.486 e. The van der Waals surface area contributed by atoms with Crippen molar-refractivity contribution in [2.24, 2.45) is 11.8 Å². The number of thioether (sulfide) groups is 1. The summed E-state index contributed by atoms with van der Waals surface area (Å²) in [5.74, 6) is 6.37. The van der Waals surface area contributed by atoms with Gasteiger partial charge in [0.15, 0.2) is 11.5 Å². The van der Waals surface area contributed by atoms with Gasteiger partial charge in [0.2, 0.25) is 5.91 Å². The molecule has 0 radical (unpaired) electrons. The van der Waals surface area contributed by atoms with E-state index in [9.17, 15) is 4.79 Å². The first-order valence-corrected chi connectivity index (χ1v) is 7.06. The lowest BCUT2D eigenvalue weighted by Crippen LogP contribution is -2.38. The van der Waals surface area contributed by atoms with Crippen molar-refractivity contribution >= 4 is 17.7 Å². The molecule has 19 heavy (non-hydrogen) atoms. The Hall–Kier alpha value is -1.40. The number of nitrogens with two attached hydrogens (primary N) is 1. The van der Waals surface area contributed by atoms with Crippen molar-refractivity contribution < 1.29 is 14.3 Å². The molecular weight excluding hydrogens is 264 g/mol. The molecule has 0 bridgehead atoms. The summed E-state index contributed by atoms with van der Waals surface area (Å²) in [5.41, 5.74) is 2.18. The van der Waals surface area contributed by atoms with Gasteiger partial charge in [0, 0.05) is 16.1 Å². The minimum Gasteiger partial charge on any atom is -0.486 e. The van der Waals surface area contributed by atoms with Gasteiger partial charge in [-0.05, 0) is 18.2 Å². The van der Waals surface area contributed by atoms with Gasteiger partial charge < -0.3 is 9.47 Å². The van der Waals surface area contributed by atoms with Gasteiger partial charge in [-0.25, -0.2) is 5.84 Å². The third kappa shape index (κ3) is 3.33. The van der Waals surface area contributed by atoms with E-state index in [1.165, 1.54) is 0 Å². The number of carbonyl (C=O) groups excluding carboxylic acids is 1. The molecule has 0 aliphatic carbocycles. The molecule has 2 atom stereocenters.